The summed E-state index contributed by atoms with van der Waals surface area (Å²) in [6, 6.07) is 5.11. The van der Waals surface area contributed by atoms with Crippen molar-refractivity contribution in [3.63, 3.8) is 0 Å². The highest BCUT2D eigenvalue weighted by molar-refractivity contribution is 9.10. The fourth-order valence-electron chi connectivity index (χ4n) is 0.956. The van der Waals surface area contributed by atoms with Crippen LogP contribution in [0.5, 0.6) is 0 Å². The van der Waals surface area contributed by atoms with Crippen LogP contribution in [0, 0.1) is 0 Å². The van der Waals surface area contributed by atoms with E-state index in [1.165, 1.54) is 6.92 Å². The zero-order valence-electron chi connectivity index (χ0n) is 8.50. The summed E-state index contributed by atoms with van der Waals surface area (Å²) in [5, 5.41) is 21.5. The van der Waals surface area contributed by atoms with Crippen molar-refractivity contribution in [2.24, 2.45) is 0 Å². The largest absolute Gasteiger partial charge is 0.479 e. The smallest absolute Gasteiger partial charge is 0.337 e. The van der Waals surface area contributed by atoms with Gasteiger partial charge in [0, 0.05) is 10.2 Å². The predicted molar refractivity (Wildman–Crippen MR) is 65.9 cm³/mol. The van der Waals surface area contributed by atoms with Crippen molar-refractivity contribution in [3.8, 4) is 0 Å². The van der Waals surface area contributed by atoms with E-state index in [1.54, 1.807) is 18.2 Å². The van der Waals surface area contributed by atoms with Gasteiger partial charge in [0.15, 0.2) is 5.60 Å². The fraction of sp³-hybridized carbons (Fsp3) is 0.300. The van der Waals surface area contributed by atoms with E-state index in [-0.39, 0.29) is 6.54 Å². The van der Waals surface area contributed by atoms with Crippen LogP contribution >= 0.6 is 27.5 Å². The molecule has 0 aliphatic carbocycles. The van der Waals surface area contributed by atoms with Crippen molar-refractivity contribution in [2.75, 3.05) is 11.9 Å². The van der Waals surface area contributed by atoms with E-state index in [9.17, 15) is 9.90 Å². The molecule has 0 saturated heterocycles. The second-order valence-corrected chi connectivity index (χ2v) is 4.82. The van der Waals surface area contributed by atoms with Crippen molar-refractivity contribution >= 4 is 39.2 Å². The van der Waals surface area contributed by atoms with E-state index in [1.807, 2.05) is 0 Å². The number of carbonyl (C=O) groups is 1. The number of halogens is 2. The highest BCUT2D eigenvalue weighted by Gasteiger charge is 2.29. The normalized spacial score (nSPS) is 14.2. The monoisotopic (exact) mass is 307 g/mol. The Labute approximate surface area is 106 Å². The number of hydrogen-bond donors (Lipinski definition) is 3. The lowest BCUT2D eigenvalue weighted by molar-refractivity contribution is -0.155. The van der Waals surface area contributed by atoms with Crippen molar-refractivity contribution in [3.05, 3.63) is 27.7 Å². The molecule has 1 rings (SSSR count). The Kier molecular flexibility index (Phi) is 4.18. The molecule has 0 amide bonds. The third-order valence-electron chi connectivity index (χ3n) is 2.02. The number of carboxylic acids is 1. The molecule has 0 bridgehead atoms. The van der Waals surface area contributed by atoms with E-state index in [0.717, 1.165) is 4.47 Å². The highest BCUT2D eigenvalue weighted by atomic mass is 79.9. The summed E-state index contributed by atoms with van der Waals surface area (Å²) in [5.74, 6) is -1.27. The molecule has 0 heterocycles. The minimum atomic E-state index is -1.81. The Hall–Kier alpha value is -0.780. The topological polar surface area (TPSA) is 69.6 Å². The van der Waals surface area contributed by atoms with Gasteiger partial charge >= 0.3 is 5.97 Å². The lowest BCUT2D eigenvalue weighted by atomic mass is 10.1. The average molecular weight is 309 g/mol. The Morgan fingerprint density at radius 3 is 2.75 bits per heavy atom. The molecule has 0 fully saturated rings. The van der Waals surface area contributed by atoms with Gasteiger partial charge in [0.2, 0.25) is 0 Å². The number of anilines is 1. The number of aliphatic carboxylic acids is 1. The van der Waals surface area contributed by atoms with E-state index in [0.29, 0.717) is 10.7 Å². The lowest BCUT2D eigenvalue weighted by Gasteiger charge is -2.19. The summed E-state index contributed by atoms with van der Waals surface area (Å²) in [7, 11) is 0. The van der Waals surface area contributed by atoms with Gasteiger partial charge in [0.05, 0.1) is 11.6 Å². The van der Waals surface area contributed by atoms with Crippen molar-refractivity contribution in [2.45, 2.75) is 12.5 Å². The minimum Gasteiger partial charge on any atom is -0.479 e. The van der Waals surface area contributed by atoms with Crippen LogP contribution in [0.25, 0.3) is 0 Å². The summed E-state index contributed by atoms with van der Waals surface area (Å²) in [4.78, 5) is 10.6. The molecule has 0 spiro atoms. The van der Waals surface area contributed by atoms with Crippen LogP contribution < -0.4 is 5.32 Å². The predicted octanol–water partition coefficient (Wildman–Crippen LogP) is 2.35. The first-order valence-corrected chi connectivity index (χ1v) is 5.65. The molecule has 1 aromatic rings. The molecule has 0 aromatic heterocycles. The maximum Gasteiger partial charge on any atom is 0.337 e. The molecule has 6 heteroatoms. The first-order valence-electron chi connectivity index (χ1n) is 4.47. The first-order chi connectivity index (χ1) is 7.33. The number of nitrogens with one attached hydrogen (secondary N) is 1. The molecular weight excluding hydrogens is 297 g/mol. The molecule has 0 aliphatic heterocycles. The molecular formula is C10H11BrClNO3. The average Bonchev–Trinajstić information content (AvgIpc) is 2.20. The van der Waals surface area contributed by atoms with E-state index in [2.05, 4.69) is 21.2 Å². The maximum atomic E-state index is 10.6. The van der Waals surface area contributed by atoms with Gasteiger partial charge in [-0.15, -0.1) is 0 Å². The summed E-state index contributed by atoms with van der Waals surface area (Å²) in [6.07, 6.45) is 0. The second-order valence-electron chi connectivity index (χ2n) is 3.56. The molecule has 1 atom stereocenters. The molecule has 0 aliphatic rings. The molecule has 0 saturated carbocycles. The van der Waals surface area contributed by atoms with Gasteiger partial charge in [-0.05, 0) is 41.1 Å². The van der Waals surface area contributed by atoms with Crippen molar-refractivity contribution in [1.29, 1.82) is 0 Å². The molecule has 88 valence electrons. The number of rotatable bonds is 4. The van der Waals surface area contributed by atoms with Gasteiger partial charge in [-0.25, -0.2) is 4.79 Å². The number of benzene rings is 1. The Morgan fingerprint density at radius 2 is 2.25 bits per heavy atom. The van der Waals surface area contributed by atoms with Crippen LogP contribution in [-0.2, 0) is 4.79 Å². The third-order valence-corrected chi connectivity index (χ3v) is 3.25. The number of hydrogen-bond acceptors (Lipinski definition) is 3. The van der Waals surface area contributed by atoms with Gasteiger partial charge < -0.3 is 15.5 Å². The summed E-state index contributed by atoms with van der Waals surface area (Å²) < 4.78 is 0.754. The van der Waals surface area contributed by atoms with Crippen LogP contribution in [0.15, 0.2) is 22.7 Å². The molecule has 3 N–H and O–H groups in total. The van der Waals surface area contributed by atoms with E-state index >= 15 is 0 Å². The lowest BCUT2D eigenvalue weighted by Crippen LogP contribution is -2.41. The quantitative estimate of drug-likeness (QED) is 0.798. The third kappa shape index (κ3) is 3.37. The van der Waals surface area contributed by atoms with Crippen molar-refractivity contribution in [1.82, 2.24) is 0 Å². The Morgan fingerprint density at radius 1 is 1.62 bits per heavy atom. The SMILES string of the molecule is CC(O)(CNc1ccc(Br)c(Cl)c1)C(=O)O. The number of carboxylic acid groups (broad SMARTS) is 1. The summed E-state index contributed by atoms with van der Waals surface area (Å²) in [6.45, 7) is 1.13. The fourth-order valence-corrected chi connectivity index (χ4v) is 1.38. The Bertz CT molecular complexity index is 409. The van der Waals surface area contributed by atoms with Gasteiger partial charge in [-0.1, -0.05) is 11.6 Å². The number of aliphatic hydroxyl groups is 1. The summed E-state index contributed by atoms with van der Waals surface area (Å²) in [5.41, 5.74) is -1.16. The molecule has 1 aromatic carbocycles. The van der Waals surface area contributed by atoms with E-state index in [4.69, 9.17) is 16.7 Å². The van der Waals surface area contributed by atoms with Gasteiger partial charge in [0.1, 0.15) is 0 Å². The zero-order valence-corrected chi connectivity index (χ0v) is 10.8. The van der Waals surface area contributed by atoms with Crippen LogP contribution in [0.4, 0.5) is 5.69 Å². The maximum absolute atomic E-state index is 10.6. The van der Waals surface area contributed by atoms with Crippen LogP contribution in [0.1, 0.15) is 6.92 Å². The minimum absolute atomic E-state index is 0.0969. The first kappa shape index (κ1) is 13.3. The van der Waals surface area contributed by atoms with Crippen LogP contribution in [-0.4, -0.2) is 28.3 Å². The van der Waals surface area contributed by atoms with Crippen molar-refractivity contribution < 1.29 is 15.0 Å². The molecule has 0 radical (unpaired) electrons. The summed E-state index contributed by atoms with van der Waals surface area (Å²) >= 11 is 9.10. The zero-order chi connectivity index (χ0) is 12.3. The molecule has 16 heavy (non-hydrogen) atoms. The van der Waals surface area contributed by atoms with Gasteiger partial charge in [-0.2, -0.15) is 0 Å². The second kappa shape index (κ2) is 5.03. The standard InChI is InChI=1S/C10H11BrClNO3/c1-10(16,9(14)15)5-13-6-2-3-7(11)8(12)4-6/h2-4,13,16H,5H2,1H3,(H,14,15). The van der Waals surface area contributed by atoms with Gasteiger partial charge in [0.25, 0.3) is 0 Å². The highest BCUT2D eigenvalue weighted by Crippen LogP contribution is 2.25. The van der Waals surface area contributed by atoms with Crippen LogP contribution in [0.3, 0.4) is 0 Å². The molecule has 1 unspecified atom stereocenters. The van der Waals surface area contributed by atoms with E-state index < -0.39 is 11.6 Å². The Balaban J connectivity index is 2.68. The van der Waals surface area contributed by atoms with Crippen LogP contribution in [0.2, 0.25) is 5.02 Å². The molecule has 4 nitrogen and oxygen atoms in total. The van der Waals surface area contributed by atoms with Gasteiger partial charge in [-0.3, -0.25) is 0 Å².